The van der Waals surface area contributed by atoms with Gasteiger partial charge in [0.1, 0.15) is 18.7 Å². The summed E-state index contributed by atoms with van der Waals surface area (Å²) >= 11 is 0. The van der Waals surface area contributed by atoms with E-state index in [-0.39, 0.29) is 24.3 Å². The molecule has 3 rings (SSSR count). The fraction of sp³-hybridized carbons (Fsp3) is 0.423. The van der Waals surface area contributed by atoms with Gasteiger partial charge in [-0.3, -0.25) is 14.5 Å². The van der Waals surface area contributed by atoms with Crippen molar-refractivity contribution in [1.29, 1.82) is 0 Å². The second kappa shape index (κ2) is 11.5. The Hall–Kier alpha value is -3.35. The van der Waals surface area contributed by atoms with E-state index < -0.39 is 18.2 Å². The lowest BCUT2D eigenvalue weighted by molar-refractivity contribution is -0.127. The molecule has 2 aromatic rings. The van der Waals surface area contributed by atoms with Gasteiger partial charge >= 0.3 is 6.09 Å². The number of alkyl carbamates (subject to hydrolysis) is 1. The SMILES string of the molecule is CCCCNC(=O)[C@@H]1[C@@H](C)c2ccccc2N1C(=O)[C@H](CC)NC(=O)OCc1ccccc1. The Morgan fingerprint density at radius 1 is 1.03 bits per heavy atom. The van der Waals surface area contributed by atoms with Crippen molar-refractivity contribution in [3.05, 3.63) is 65.7 Å². The van der Waals surface area contributed by atoms with E-state index in [1.165, 1.54) is 0 Å². The summed E-state index contributed by atoms with van der Waals surface area (Å²) in [6, 6.07) is 15.4. The smallest absolute Gasteiger partial charge is 0.408 e. The number of ether oxygens (including phenoxy) is 1. The Morgan fingerprint density at radius 3 is 2.42 bits per heavy atom. The van der Waals surface area contributed by atoms with Crippen molar-refractivity contribution < 1.29 is 19.1 Å². The predicted octanol–water partition coefficient (Wildman–Crippen LogP) is 4.13. The quantitative estimate of drug-likeness (QED) is 0.561. The number of benzene rings is 2. The molecule has 0 spiro atoms. The van der Waals surface area contributed by atoms with E-state index in [0.29, 0.717) is 18.7 Å². The first kappa shape index (κ1) is 24.3. The van der Waals surface area contributed by atoms with Crippen LogP contribution in [0.15, 0.2) is 54.6 Å². The zero-order valence-corrected chi connectivity index (χ0v) is 19.5. The number of para-hydroxylation sites is 1. The van der Waals surface area contributed by atoms with Crippen LogP contribution < -0.4 is 15.5 Å². The van der Waals surface area contributed by atoms with Crippen molar-refractivity contribution in [1.82, 2.24) is 10.6 Å². The second-order valence-electron chi connectivity index (χ2n) is 8.31. The van der Waals surface area contributed by atoms with Crippen molar-refractivity contribution in [3.8, 4) is 0 Å². The minimum absolute atomic E-state index is 0.114. The highest BCUT2D eigenvalue weighted by molar-refractivity contribution is 6.07. The highest BCUT2D eigenvalue weighted by Gasteiger charge is 2.45. The molecule has 176 valence electrons. The molecule has 0 bridgehead atoms. The number of hydrogen-bond donors (Lipinski definition) is 2. The summed E-state index contributed by atoms with van der Waals surface area (Å²) in [5.74, 6) is -0.655. The molecule has 3 amide bonds. The van der Waals surface area contributed by atoms with Gasteiger partial charge in [0, 0.05) is 18.2 Å². The predicted molar refractivity (Wildman–Crippen MR) is 128 cm³/mol. The maximum atomic E-state index is 13.6. The van der Waals surface area contributed by atoms with Crippen molar-refractivity contribution in [2.45, 2.75) is 64.6 Å². The number of unbranched alkanes of at least 4 members (excludes halogenated alkanes) is 1. The summed E-state index contributed by atoms with van der Waals surface area (Å²) in [5, 5.41) is 5.65. The van der Waals surface area contributed by atoms with Crippen LogP contribution in [-0.4, -0.2) is 36.5 Å². The number of hydrogen-bond acceptors (Lipinski definition) is 4. The van der Waals surface area contributed by atoms with E-state index in [2.05, 4.69) is 17.6 Å². The van der Waals surface area contributed by atoms with Gasteiger partial charge in [0.15, 0.2) is 0 Å². The third-order valence-electron chi connectivity index (χ3n) is 5.99. The highest BCUT2D eigenvalue weighted by atomic mass is 16.5. The van der Waals surface area contributed by atoms with Gasteiger partial charge in [-0.2, -0.15) is 0 Å². The lowest BCUT2D eigenvalue weighted by Crippen LogP contribution is -2.55. The molecule has 0 saturated carbocycles. The summed E-state index contributed by atoms with van der Waals surface area (Å²) in [6.07, 6.45) is 1.55. The average Bonchev–Trinajstić information content (AvgIpc) is 3.14. The van der Waals surface area contributed by atoms with Crippen LogP contribution in [0.25, 0.3) is 0 Å². The first-order valence-corrected chi connectivity index (χ1v) is 11.6. The van der Waals surface area contributed by atoms with Gasteiger partial charge in [0.25, 0.3) is 0 Å². The number of carbonyl (C=O) groups is 3. The zero-order valence-electron chi connectivity index (χ0n) is 19.5. The molecule has 0 radical (unpaired) electrons. The summed E-state index contributed by atoms with van der Waals surface area (Å²) in [4.78, 5) is 40.7. The van der Waals surface area contributed by atoms with Gasteiger partial charge in [0.2, 0.25) is 11.8 Å². The lowest BCUT2D eigenvalue weighted by Gasteiger charge is -2.30. The van der Waals surface area contributed by atoms with E-state index in [0.717, 1.165) is 24.0 Å². The maximum absolute atomic E-state index is 13.6. The van der Waals surface area contributed by atoms with Crippen LogP contribution in [0, 0.1) is 0 Å². The monoisotopic (exact) mass is 451 g/mol. The summed E-state index contributed by atoms with van der Waals surface area (Å²) in [5.41, 5.74) is 2.52. The molecule has 33 heavy (non-hydrogen) atoms. The number of nitrogens with zero attached hydrogens (tertiary/aromatic N) is 1. The van der Waals surface area contributed by atoms with Gasteiger partial charge in [-0.05, 0) is 30.0 Å². The van der Waals surface area contributed by atoms with Gasteiger partial charge in [-0.1, -0.05) is 75.7 Å². The molecule has 1 heterocycles. The average molecular weight is 452 g/mol. The lowest BCUT2D eigenvalue weighted by atomic mass is 9.96. The van der Waals surface area contributed by atoms with Crippen molar-refractivity contribution in [3.63, 3.8) is 0 Å². The molecule has 0 aromatic heterocycles. The van der Waals surface area contributed by atoms with Crippen LogP contribution >= 0.6 is 0 Å². The zero-order chi connectivity index (χ0) is 23.8. The molecule has 1 aliphatic rings. The third kappa shape index (κ3) is 5.72. The van der Waals surface area contributed by atoms with Gasteiger partial charge < -0.3 is 15.4 Å². The summed E-state index contributed by atoms with van der Waals surface area (Å²) in [7, 11) is 0. The Morgan fingerprint density at radius 2 is 1.73 bits per heavy atom. The van der Waals surface area contributed by atoms with Crippen LogP contribution in [-0.2, 0) is 20.9 Å². The van der Waals surface area contributed by atoms with Crippen LogP contribution in [0.3, 0.4) is 0 Å². The van der Waals surface area contributed by atoms with Crippen molar-refractivity contribution >= 4 is 23.6 Å². The van der Waals surface area contributed by atoms with Crippen LogP contribution in [0.2, 0.25) is 0 Å². The van der Waals surface area contributed by atoms with Crippen LogP contribution in [0.4, 0.5) is 10.5 Å². The van der Waals surface area contributed by atoms with Crippen molar-refractivity contribution in [2.24, 2.45) is 0 Å². The van der Waals surface area contributed by atoms with E-state index in [9.17, 15) is 14.4 Å². The molecule has 7 nitrogen and oxygen atoms in total. The number of rotatable bonds is 9. The molecule has 0 fully saturated rings. The molecule has 3 atom stereocenters. The van der Waals surface area contributed by atoms with Gasteiger partial charge in [-0.15, -0.1) is 0 Å². The van der Waals surface area contributed by atoms with Crippen LogP contribution in [0.5, 0.6) is 0 Å². The Balaban J connectivity index is 1.75. The number of carbonyl (C=O) groups excluding carboxylic acids is 3. The number of nitrogens with one attached hydrogen (secondary N) is 2. The molecular formula is C26H33N3O4. The van der Waals surface area contributed by atoms with Crippen molar-refractivity contribution in [2.75, 3.05) is 11.4 Å². The molecule has 2 aromatic carbocycles. The third-order valence-corrected chi connectivity index (χ3v) is 5.99. The Bertz CT molecular complexity index is 963. The standard InChI is InChI=1S/C26H33N3O4/c1-4-6-16-27-24(30)23-18(3)20-14-10-11-15-22(20)29(23)25(31)21(5-2)28-26(32)33-17-19-12-8-7-9-13-19/h7-15,18,21,23H,4-6,16-17H2,1-3H3,(H,27,30)(H,28,32)/t18-,21-,23-/m0/s1. The number of amides is 3. The van der Waals surface area contributed by atoms with Gasteiger partial charge in [-0.25, -0.2) is 4.79 Å². The largest absolute Gasteiger partial charge is 0.445 e. The molecule has 1 aliphatic heterocycles. The second-order valence-corrected chi connectivity index (χ2v) is 8.31. The van der Waals surface area contributed by atoms with E-state index in [1.54, 1.807) is 4.90 Å². The van der Waals surface area contributed by atoms with E-state index in [4.69, 9.17) is 4.74 Å². The normalized spacial score (nSPS) is 17.7. The number of anilines is 1. The maximum Gasteiger partial charge on any atom is 0.408 e. The highest BCUT2D eigenvalue weighted by Crippen LogP contribution is 2.41. The van der Waals surface area contributed by atoms with E-state index in [1.807, 2.05) is 68.4 Å². The summed E-state index contributed by atoms with van der Waals surface area (Å²) in [6.45, 7) is 6.52. The molecule has 0 aliphatic carbocycles. The first-order chi connectivity index (χ1) is 16.0. The Labute approximate surface area is 195 Å². The fourth-order valence-electron chi connectivity index (χ4n) is 4.14. The summed E-state index contributed by atoms with van der Waals surface area (Å²) < 4.78 is 5.30. The molecule has 7 heteroatoms. The molecule has 0 unspecified atom stereocenters. The van der Waals surface area contributed by atoms with E-state index >= 15 is 0 Å². The molecule has 2 N–H and O–H groups in total. The van der Waals surface area contributed by atoms with Crippen LogP contribution in [0.1, 0.15) is 57.1 Å². The first-order valence-electron chi connectivity index (χ1n) is 11.6. The van der Waals surface area contributed by atoms with Gasteiger partial charge in [0.05, 0.1) is 0 Å². The Kier molecular flexibility index (Phi) is 8.46. The number of fused-ring (bicyclic) bond motifs is 1. The fourth-order valence-corrected chi connectivity index (χ4v) is 4.14. The molecular weight excluding hydrogens is 418 g/mol. The minimum Gasteiger partial charge on any atom is -0.445 e. The topological polar surface area (TPSA) is 87.7 Å². The minimum atomic E-state index is -0.808. The molecule has 0 saturated heterocycles.